The zero-order valence-electron chi connectivity index (χ0n) is 9.71. The second kappa shape index (κ2) is 4.41. The Balaban J connectivity index is 1.98. The van der Waals surface area contributed by atoms with Crippen molar-refractivity contribution in [2.24, 2.45) is 0 Å². The number of benzene rings is 1. The number of nitrogens with zero attached hydrogens (tertiary/aromatic N) is 1. The third-order valence-electron chi connectivity index (χ3n) is 2.64. The van der Waals surface area contributed by atoms with Gasteiger partial charge in [-0.15, -0.1) is 0 Å². The summed E-state index contributed by atoms with van der Waals surface area (Å²) in [5, 5.41) is 2.70. The van der Waals surface area contributed by atoms with Crippen molar-refractivity contribution in [3.8, 4) is 0 Å². The number of hydrogen-bond acceptors (Lipinski definition) is 4. The molecule has 0 fully saturated rings. The van der Waals surface area contributed by atoms with Crippen molar-refractivity contribution in [1.82, 2.24) is 9.97 Å². The molecular weight excluding hydrogens is 246 g/mol. The number of nitrogens with one attached hydrogen (secondary N) is 2. The van der Waals surface area contributed by atoms with Crippen LogP contribution in [0.25, 0.3) is 11.1 Å². The molecule has 6 heteroatoms. The van der Waals surface area contributed by atoms with Crippen LogP contribution >= 0.6 is 0 Å². The Morgan fingerprint density at radius 2 is 2.00 bits per heavy atom. The highest BCUT2D eigenvalue weighted by Gasteiger charge is 2.11. The molecule has 0 radical (unpaired) electrons. The summed E-state index contributed by atoms with van der Waals surface area (Å²) in [4.78, 5) is 29.5. The Morgan fingerprint density at radius 1 is 1.21 bits per heavy atom. The number of amides is 1. The third-order valence-corrected chi connectivity index (χ3v) is 2.64. The van der Waals surface area contributed by atoms with E-state index in [-0.39, 0.29) is 5.91 Å². The molecule has 0 saturated carbocycles. The summed E-state index contributed by atoms with van der Waals surface area (Å²) in [6.45, 7) is 0. The van der Waals surface area contributed by atoms with Crippen molar-refractivity contribution in [3.63, 3.8) is 0 Å². The Kier molecular flexibility index (Phi) is 2.60. The van der Waals surface area contributed by atoms with Crippen LogP contribution < -0.4 is 11.1 Å². The van der Waals surface area contributed by atoms with Crippen molar-refractivity contribution in [1.29, 1.82) is 0 Å². The molecule has 0 atom stereocenters. The number of aromatic nitrogens is 2. The lowest BCUT2D eigenvalue weighted by atomic mass is 10.2. The largest absolute Gasteiger partial charge is 0.417 e. The second-order valence-electron chi connectivity index (χ2n) is 3.89. The van der Waals surface area contributed by atoms with Crippen molar-refractivity contribution in [2.45, 2.75) is 0 Å². The van der Waals surface area contributed by atoms with Crippen LogP contribution in [0.2, 0.25) is 0 Å². The first-order chi connectivity index (χ1) is 9.24. The predicted octanol–water partition coefficient (Wildman–Crippen LogP) is 1.77. The average molecular weight is 255 g/mol. The van der Waals surface area contributed by atoms with Crippen LogP contribution in [-0.4, -0.2) is 15.9 Å². The quantitative estimate of drug-likeness (QED) is 0.730. The SMILES string of the molecule is O=C(Nc1cccc2[nH]c(=O)oc12)c1ccncc1. The van der Waals surface area contributed by atoms with Crippen molar-refractivity contribution in [2.75, 3.05) is 5.32 Å². The zero-order valence-corrected chi connectivity index (χ0v) is 9.71. The minimum absolute atomic E-state index is 0.293. The standard InChI is InChI=1S/C13H9N3O3/c17-12(8-4-6-14-7-5-8)15-9-2-1-3-10-11(9)19-13(18)16-10/h1-7H,(H,15,17)(H,16,18). The number of anilines is 1. The second-order valence-corrected chi connectivity index (χ2v) is 3.89. The maximum Gasteiger partial charge on any atom is 0.417 e. The molecule has 0 aliphatic rings. The lowest BCUT2D eigenvalue weighted by molar-refractivity contribution is 0.102. The van der Waals surface area contributed by atoms with Gasteiger partial charge in [-0.05, 0) is 24.3 Å². The number of oxazole rings is 1. The summed E-state index contributed by atoms with van der Waals surface area (Å²) in [5.41, 5.74) is 1.79. The smallest absolute Gasteiger partial charge is 0.406 e. The molecule has 0 saturated heterocycles. The molecule has 0 bridgehead atoms. The van der Waals surface area contributed by atoms with Gasteiger partial charge in [0, 0.05) is 18.0 Å². The number of H-pyrrole nitrogens is 1. The van der Waals surface area contributed by atoms with Crippen LogP contribution in [0.1, 0.15) is 10.4 Å². The van der Waals surface area contributed by atoms with Gasteiger partial charge in [-0.1, -0.05) is 6.07 Å². The lowest BCUT2D eigenvalue weighted by Crippen LogP contribution is -2.11. The fourth-order valence-corrected chi connectivity index (χ4v) is 1.77. The maximum atomic E-state index is 12.0. The predicted molar refractivity (Wildman–Crippen MR) is 69.0 cm³/mol. The minimum atomic E-state index is -0.555. The molecular formula is C13H9N3O3. The van der Waals surface area contributed by atoms with Gasteiger partial charge >= 0.3 is 5.76 Å². The molecule has 1 aromatic carbocycles. The molecule has 0 unspecified atom stereocenters. The fourth-order valence-electron chi connectivity index (χ4n) is 1.77. The van der Waals surface area contributed by atoms with E-state index in [2.05, 4.69) is 15.3 Å². The molecule has 19 heavy (non-hydrogen) atoms. The van der Waals surface area contributed by atoms with Crippen LogP contribution in [0.15, 0.2) is 51.9 Å². The van der Waals surface area contributed by atoms with E-state index in [0.29, 0.717) is 22.4 Å². The molecule has 94 valence electrons. The number of carbonyl (C=O) groups is 1. The first kappa shape index (κ1) is 11.2. The van der Waals surface area contributed by atoms with Gasteiger partial charge in [0.15, 0.2) is 5.58 Å². The number of pyridine rings is 1. The van der Waals surface area contributed by atoms with Gasteiger partial charge in [-0.2, -0.15) is 0 Å². The molecule has 2 aromatic heterocycles. The minimum Gasteiger partial charge on any atom is -0.406 e. The van der Waals surface area contributed by atoms with Crippen LogP contribution in [0.3, 0.4) is 0 Å². The van der Waals surface area contributed by atoms with Gasteiger partial charge in [0.25, 0.3) is 5.91 Å². The van der Waals surface area contributed by atoms with Gasteiger partial charge in [0.2, 0.25) is 0 Å². The Labute approximate surface area is 107 Å². The number of hydrogen-bond donors (Lipinski definition) is 2. The van der Waals surface area contributed by atoms with Crippen LogP contribution in [0, 0.1) is 0 Å². The van der Waals surface area contributed by atoms with E-state index >= 15 is 0 Å². The van der Waals surface area contributed by atoms with E-state index in [1.165, 1.54) is 12.4 Å². The maximum absolute atomic E-state index is 12.0. The monoisotopic (exact) mass is 255 g/mol. The van der Waals surface area contributed by atoms with E-state index < -0.39 is 5.76 Å². The van der Waals surface area contributed by atoms with E-state index in [0.717, 1.165) is 0 Å². The molecule has 0 spiro atoms. The van der Waals surface area contributed by atoms with Crippen LogP contribution in [0.4, 0.5) is 5.69 Å². The Hall–Kier alpha value is -2.89. The van der Waals surface area contributed by atoms with Gasteiger partial charge in [-0.3, -0.25) is 14.8 Å². The van der Waals surface area contributed by atoms with Crippen molar-refractivity contribution in [3.05, 3.63) is 58.8 Å². The highest BCUT2D eigenvalue weighted by molar-refractivity contribution is 6.07. The van der Waals surface area contributed by atoms with Gasteiger partial charge in [-0.25, -0.2) is 4.79 Å². The Bertz CT molecular complexity index is 790. The summed E-state index contributed by atoms with van der Waals surface area (Å²) in [6, 6.07) is 8.28. The summed E-state index contributed by atoms with van der Waals surface area (Å²) < 4.78 is 5.00. The summed E-state index contributed by atoms with van der Waals surface area (Å²) in [6.07, 6.45) is 3.07. The number of rotatable bonds is 2. The summed E-state index contributed by atoms with van der Waals surface area (Å²) in [7, 11) is 0. The first-order valence-electron chi connectivity index (χ1n) is 5.57. The summed E-state index contributed by atoms with van der Waals surface area (Å²) in [5.74, 6) is -0.848. The van der Waals surface area contributed by atoms with Crippen molar-refractivity contribution >= 4 is 22.7 Å². The van der Waals surface area contributed by atoms with Gasteiger partial charge < -0.3 is 9.73 Å². The molecule has 6 nitrogen and oxygen atoms in total. The molecule has 3 rings (SSSR count). The molecule has 2 heterocycles. The van der Waals surface area contributed by atoms with E-state index in [9.17, 15) is 9.59 Å². The Morgan fingerprint density at radius 3 is 2.79 bits per heavy atom. The topological polar surface area (TPSA) is 88.0 Å². The number of para-hydroxylation sites is 1. The average Bonchev–Trinajstić information content (AvgIpc) is 2.81. The van der Waals surface area contributed by atoms with Gasteiger partial charge in [0.05, 0.1) is 11.2 Å². The zero-order chi connectivity index (χ0) is 13.2. The summed E-state index contributed by atoms with van der Waals surface area (Å²) >= 11 is 0. The molecule has 1 amide bonds. The number of carbonyl (C=O) groups excluding carboxylic acids is 1. The highest BCUT2D eigenvalue weighted by Crippen LogP contribution is 2.21. The van der Waals surface area contributed by atoms with E-state index in [1.54, 1.807) is 30.3 Å². The molecule has 2 N–H and O–H groups in total. The number of aromatic amines is 1. The molecule has 3 aromatic rings. The lowest BCUT2D eigenvalue weighted by Gasteiger charge is -2.04. The van der Waals surface area contributed by atoms with Crippen LogP contribution in [-0.2, 0) is 0 Å². The molecule has 0 aliphatic heterocycles. The van der Waals surface area contributed by atoms with E-state index in [1.807, 2.05) is 0 Å². The fraction of sp³-hybridized carbons (Fsp3) is 0. The van der Waals surface area contributed by atoms with Crippen molar-refractivity contribution < 1.29 is 9.21 Å². The molecule has 0 aliphatic carbocycles. The number of fused-ring (bicyclic) bond motifs is 1. The normalized spacial score (nSPS) is 10.5. The van der Waals surface area contributed by atoms with Gasteiger partial charge in [0.1, 0.15) is 0 Å². The van der Waals surface area contributed by atoms with Crippen LogP contribution in [0.5, 0.6) is 0 Å². The third kappa shape index (κ3) is 2.11. The highest BCUT2D eigenvalue weighted by atomic mass is 16.4. The first-order valence-corrected chi connectivity index (χ1v) is 5.57. The van der Waals surface area contributed by atoms with E-state index in [4.69, 9.17) is 4.42 Å².